The molecule has 2 aromatic rings. The number of halogens is 2. The SMILES string of the molecule is CN=C(NCC(=O)Nc1cccc(F)c1)NC1CCN(c2cc(OC)cc(OC)c2)C1.I. The van der Waals surface area contributed by atoms with Gasteiger partial charge in [0.1, 0.15) is 17.3 Å². The molecule has 32 heavy (non-hydrogen) atoms. The minimum atomic E-state index is -0.400. The molecule has 0 spiro atoms. The lowest BCUT2D eigenvalue weighted by atomic mass is 10.2. The Hall–Kier alpha value is -2.76. The molecule has 3 rings (SSSR count). The number of hydrogen-bond donors (Lipinski definition) is 3. The molecule has 0 bridgehead atoms. The average Bonchev–Trinajstić information content (AvgIpc) is 3.24. The van der Waals surface area contributed by atoms with Crippen molar-refractivity contribution in [2.45, 2.75) is 12.5 Å². The molecule has 1 unspecified atom stereocenters. The highest BCUT2D eigenvalue weighted by molar-refractivity contribution is 14.0. The van der Waals surface area contributed by atoms with Crippen LogP contribution in [0.1, 0.15) is 6.42 Å². The van der Waals surface area contributed by atoms with Crippen LogP contribution in [-0.2, 0) is 4.79 Å². The third kappa shape index (κ3) is 7.14. The summed E-state index contributed by atoms with van der Waals surface area (Å²) >= 11 is 0. The van der Waals surface area contributed by atoms with Gasteiger partial charge < -0.3 is 30.3 Å². The van der Waals surface area contributed by atoms with E-state index >= 15 is 0 Å². The van der Waals surface area contributed by atoms with Crippen LogP contribution in [0.3, 0.4) is 0 Å². The predicted molar refractivity (Wildman–Crippen MR) is 135 cm³/mol. The summed E-state index contributed by atoms with van der Waals surface area (Å²) in [5.41, 5.74) is 1.44. The Bertz CT molecular complexity index is 921. The molecular formula is C22H29FIN5O3. The van der Waals surface area contributed by atoms with Crippen molar-refractivity contribution in [1.82, 2.24) is 10.6 Å². The van der Waals surface area contributed by atoms with E-state index < -0.39 is 5.82 Å². The van der Waals surface area contributed by atoms with Crippen molar-refractivity contribution in [3.8, 4) is 11.5 Å². The summed E-state index contributed by atoms with van der Waals surface area (Å²) in [6, 6.07) is 11.7. The molecule has 1 saturated heterocycles. The van der Waals surface area contributed by atoms with Crippen molar-refractivity contribution in [3.05, 3.63) is 48.3 Å². The maximum atomic E-state index is 13.2. The van der Waals surface area contributed by atoms with Gasteiger partial charge in [-0.25, -0.2) is 4.39 Å². The minimum absolute atomic E-state index is 0. The topological polar surface area (TPSA) is 87.2 Å². The van der Waals surface area contributed by atoms with Gasteiger partial charge in [0.15, 0.2) is 5.96 Å². The number of nitrogens with zero attached hydrogens (tertiary/aromatic N) is 2. The highest BCUT2D eigenvalue weighted by atomic mass is 127. The number of anilines is 2. The Balaban J connectivity index is 0.00000363. The second kappa shape index (κ2) is 12.3. The molecule has 0 radical (unpaired) electrons. The van der Waals surface area contributed by atoms with Crippen molar-refractivity contribution in [2.75, 3.05) is 51.1 Å². The molecule has 1 atom stereocenters. The van der Waals surface area contributed by atoms with E-state index in [0.29, 0.717) is 11.6 Å². The second-order valence-electron chi connectivity index (χ2n) is 7.13. The zero-order valence-corrected chi connectivity index (χ0v) is 20.7. The summed E-state index contributed by atoms with van der Waals surface area (Å²) in [7, 11) is 4.92. The second-order valence-corrected chi connectivity index (χ2v) is 7.13. The molecule has 0 aliphatic carbocycles. The van der Waals surface area contributed by atoms with E-state index in [9.17, 15) is 9.18 Å². The van der Waals surface area contributed by atoms with Crippen LogP contribution >= 0.6 is 24.0 Å². The molecule has 10 heteroatoms. The van der Waals surface area contributed by atoms with E-state index in [1.807, 2.05) is 18.2 Å². The van der Waals surface area contributed by atoms with Crippen molar-refractivity contribution >= 4 is 47.2 Å². The number of benzene rings is 2. The Kier molecular flexibility index (Phi) is 9.82. The monoisotopic (exact) mass is 557 g/mol. The zero-order chi connectivity index (χ0) is 22.2. The number of carbonyl (C=O) groups excluding carboxylic acids is 1. The first-order chi connectivity index (χ1) is 15.0. The van der Waals surface area contributed by atoms with Crippen LogP contribution < -0.4 is 30.3 Å². The molecule has 1 aliphatic rings. The Labute approximate surface area is 204 Å². The number of amides is 1. The van der Waals surface area contributed by atoms with Gasteiger partial charge in [0.05, 0.1) is 20.8 Å². The van der Waals surface area contributed by atoms with Crippen LogP contribution in [0.25, 0.3) is 0 Å². The number of carbonyl (C=O) groups is 1. The molecule has 8 nitrogen and oxygen atoms in total. The molecular weight excluding hydrogens is 528 g/mol. The van der Waals surface area contributed by atoms with Crippen molar-refractivity contribution < 1.29 is 18.7 Å². The van der Waals surface area contributed by atoms with Crippen LogP contribution in [0.15, 0.2) is 47.5 Å². The van der Waals surface area contributed by atoms with Crippen molar-refractivity contribution in [1.29, 1.82) is 0 Å². The van der Waals surface area contributed by atoms with Gasteiger partial charge in [0.2, 0.25) is 5.91 Å². The standard InChI is InChI=1S/C22H28FN5O3.HI/c1-24-22(25-13-21(29)26-16-6-4-5-15(23)9-16)27-17-7-8-28(14-17)18-10-19(30-2)12-20(11-18)31-3;/h4-6,9-12,17H,7-8,13-14H2,1-3H3,(H,26,29)(H2,24,25,27);1H. The van der Waals surface area contributed by atoms with Gasteiger partial charge in [-0.15, -0.1) is 24.0 Å². The summed E-state index contributed by atoms with van der Waals surface area (Å²) in [4.78, 5) is 18.6. The molecule has 1 aliphatic heterocycles. The van der Waals surface area contributed by atoms with Crippen LogP contribution in [0.2, 0.25) is 0 Å². The highest BCUT2D eigenvalue weighted by Crippen LogP contribution is 2.30. The first-order valence-electron chi connectivity index (χ1n) is 10.0. The summed E-state index contributed by atoms with van der Waals surface area (Å²) in [5, 5.41) is 8.99. The Morgan fingerprint density at radius 1 is 1.19 bits per heavy atom. The van der Waals surface area contributed by atoms with Gasteiger partial charge >= 0.3 is 0 Å². The highest BCUT2D eigenvalue weighted by Gasteiger charge is 2.24. The first kappa shape index (κ1) is 25.5. The van der Waals surface area contributed by atoms with E-state index in [2.05, 4.69) is 25.8 Å². The first-order valence-corrected chi connectivity index (χ1v) is 10.0. The lowest BCUT2D eigenvalue weighted by molar-refractivity contribution is -0.115. The van der Waals surface area contributed by atoms with Gasteiger partial charge in [-0.05, 0) is 24.6 Å². The maximum Gasteiger partial charge on any atom is 0.243 e. The third-order valence-electron chi connectivity index (χ3n) is 4.98. The summed E-state index contributed by atoms with van der Waals surface area (Å²) in [6.07, 6.45) is 0.912. The van der Waals surface area contributed by atoms with Crippen LogP contribution in [-0.4, -0.2) is 58.8 Å². The van der Waals surface area contributed by atoms with Gasteiger partial charge in [0, 0.05) is 55.8 Å². The number of methoxy groups -OCH3 is 2. The van der Waals surface area contributed by atoms with Gasteiger partial charge in [-0.1, -0.05) is 6.07 Å². The number of hydrogen-bond acceptors (Lipinski definition) is 5. The number of ether oxygens (including phenoxy) is 2. The van der Waals surface area contributed by atoms with Crippen molar-refractivity contribution in [3.63, 3.8) is 0 Å². The fraction of sp³-hybridized carbons (Fsp3) is 0.364. The normalized spacial score (nSPS) is 15.6. The number of rotatable bonds is 7. The number of nitrogens with one attached hydrogen (secondary N) is 3. The lowest BCUT2D eigenvalue weighted by Crippen LogP contribution is -2.46. The van der Waals surface area contributed by atoms with E-state index in [4.69, 9.17) is 9.47 Å². The smallest absolute Gasteiger partial charge is 0.243 e. The third-order valence-corrected chi connectivity index (χ3v) is 4.98. The summed E-state index contributed by atoms with van der Waals surface area (Å²) in [5.74, 6) is 1.33. The Morgan fingerprint density at radius 2 is 1.91 bits per heavy atom. The molecule has 1 fully saturated rings. The average molecular weight is 557 g/mol. The van der Waals surface area contributed by atoms with Crippen molar-refractivity contribution in [2.24, 2.45) is 4.99 Å². The van der Waals surface area contributed by atoms with Gasteiger partial charge in [-0.2, -0.15) is 0 Å². The zero-order valence-electron chi connectivity index (χ0n) is 18.4. The molecule has 174 valence electrons. The quantitative estimate of drug-likeness (QED) is 0.276. The van der Waals surface area contributed by atoms with E-state index in [-0.39, 0.29) is 42.5 Å². The van der Waals surface area contributed by atoms with Crippen LogP contribution in [0.5, 0.6) is 11.5 Å². The molecule has 0 aromatic heterocycles. The molecule has 1 heterocycles. The van der Waals surface area contributed by atoms with E-state index in [1.165, 1.54) is 12.1 Å². The van der Waals surface area contributed by atoms with Crippen LogP contribution in [0.4, 0.5) is 15.8 Å². The molecule has 0 saturated carbocycles. The number of guanidine groups is 1. The van der Waals surface area contributed by atoms with Gasteiger partial charge in [0.25, 0.3) is 0 Å². The lowest BCUT2D eigenvalue weighted by Gasteiger charge is -2.21. The minimum Gasteiger partial charge on any atom is -0.497 e. The molecule has 3 N–H and O–H groups in total. The van der Waals surface area contributed by atoms with E-state index in [1.54, 1.807) is 33.4 Å². The largest absolute Gasteiger partial charge is 0.497 e. The predicted octanol–water partition coefficient (Wildman–Crippen LogP) is 2.84. The van der Waals surface area contributed by atoms with E-state index in [0.717, 1.165) is 36.7 Å². The fourth-order valence-electron chi connectivity index (χ4n) is 3.41. The van der Waals surface area contributed by atoms with Crippen LogP contribution in [0, 0.1) is 5.82 Å². The number of aliphatic imine (C=N–C) groups is 1. The maximum absolute atomic E-state index is 13.2. The molecule has 1 amide bonds. The fourth-order valence-corrected chi connectivity index (χ4v) is 3.41. The molecule has 2 aromatic carbocycles. The summed E-state index contributed by atoms with van der Waals surface area (Å²) in [6.45, 7) is 1.65. The Morgan fingerprint density at radius 3 is 2.53 bits per heavy atom. The summed E-state index contributed by atoms with van der Waals surface area (Å²) < 4.78 is 24.0. The van der Waals surface area contributed by atoms with Gasteiger partial charge in [-0.3, -0.25) is 9.79 Å².